The minimum absolute atomic E-state index is 0.0594. The van der Waals surface area contributed by atoms with Gasteiger partial charge in [-0.2, -0.15) is 0 Å². The number of benzene rings is 3. The number of nitrogens with one attached hydrogen (secondary N) is 2. The van der Waals surface area contributed by atoms with Gasteiger partial charge >= 0.3 is 0 Å². The van der Waals surface area contributed by atoms with Gasteiger partial charge in [-0.1, -0.05) is 54.1 Å². The molecule has 206 valence electrons. The van der Waals surface area contributed by atoms with Crippen molar-refractivity contribution in [1.29, 1.82) is 0 Å². The zero-order chi connectivity index (χ0) is 28.5. The van der Waals surface area contributed by atoms with Gasteiger partial charge in [0, 0.05) is 52.3 Å². The number of fused-ring (bicyclic) bond motifs is 1. The number of amides is 1. The third kappa shape index (κ3) is 5.31. The Morgan fingerprint density at radius 1 is 1.00 bits per heavy atom. The first-order valence-electron chi connectivity index (χ1n) is 13.6. The lowest BCUT2D eigenvalue weighted by atomic mass is 9.96. The third-order valence-electron chi connectivity index (χ3n) is 7.72. The van der Waals surface area contributed by atoms with Crippen molar-refractivity contribution >= 4 is 51.3 Å². The van der Waals surface area contributed by atoms with E-state index in [1.165, 1.54) is 0 Å². The Bertz CT molecular complexity index is 1730. The van der Waals surface area contributed by atoms with Crippen LogP contribution in [0.15, 0.2) is 97.2 Å². The summed E-state index contributed by atoms with van der Waals surface area (Å²) < 4.78 is 2.23. The largest absolute Gasteiger partial charge is 0.352 e. The van der Waals surface area contributed by atoms with Crippen LogP contribution in [0.3, 0.4) is 0 Å². The van der Waals surface area contributed by atoms with Gasteiger partial charge in [-0.05, 0) is 85.5 Å². The van der Waals surface area contributed by atoms with Crippen molar-refractivity contribution < 1.29 is 4.79 Å². The molecule has 2 N–H and O–H groups in total. The second kappa shape index (κ2) is 11.4. The predicted molar refractivity (Wildman–Crippen MR) is 170 cm³/mol. The molecule has 41 heavy (non-hydrogen) atoms. The molecule has 0 bridgehead atoms. The number of hydrogen-bond acceptors (Lipinski definition) is 3. The number of thiocarbonyl (C=S) groups is 1. The fourth-order valence-corrected chi connectivity index (χ4v) is 6.29. The minimum Gasteiger partial charge on any atom is -0.352 e. The maximum Gasteiger partial charge on any atom is 0.226 e. The first-order valence-corrected chi connectivity index (χ1v) is 14.4. The number of pyridine rings is 1. The van der Waals surface area contributed by atoms with E-state index in [2.05, 4.69) is 45.0 Å². The van der Waals surface area contributed by atoms with Gasteiger partial charge in [-0.25, -0.2) is 0 Å². The van der Waals surface area contributed by atoms with Crippen molar-refractivity contribution in [2.75, 3.05) is 11.9 Å². The van der Waals surface area contributed by atoms with Crippen LogP contribution in [0.1, 0.15) is 41.1 Å². The number of carbonyl (C=O) groups excluding carboxylic acids is 1. The summed E-state index contributed by atoms with van der Waals surface area (Å²) in [6.07, 6.45) is 2.08. The van der Waals surface area contributed by atoms with E-state index in [0.717, 1.165) is 44.8 Å². The molecule has 8 heteroatoms. The summed E-state index contributed by atoms with van der Waals surface area (Å²) in [5.74, 6) is -0.0594. The van der Waals surface area contributed by atoms with Gasteiger partial charge in [0.1, 0.15) is 0 Å². The molecule has 6 nitrogen and oxygen atoms in total. The van der Waals surface area contributed by atoms with Crippen LogP contribution in [0.5, 0.6) is 0 Å². The Hall–Kier alpha value is -4.20. The molecule has 2 aromatic heterocycles. The molecule has 1 aliphatic rings. The molecule has 5 aromatic rings. The van der Waals surface area contributed by atoms with Crippen LogP contribution in [0, 0.1) is 13.8 Å². The zero-order valence-corrected chi connectivity index (χ0v) is 24.4. The highest BCUT2D eigenvalue weighted by molar-refractivity contribution is 7.80. The van der Waals surface area contributed by atoms with Crippen LogP contribution in [0.25, 0.3) is 16.5 Å². The van der Waals surface area contributed by atoms with E-state index in [9.17, 15) is 4.79 Å². The summed E-state index contributed by atoms with van der Waals surface area (Å²) in [4.78, 5) is 20.0. The van der Waals surface area contributed by atoms with Gasteiger partial charge in [0.15, 0.2) is 5.11 Å². The lowest BCUT2D eigenvalue weighted by Crippen LogP contribution is -2.33. The Labute approximate surface area is 250 Å². The molecule has 0 unspecified atom stereocenters. The molecule has 0 saturated carbocycles. The highest BCUT2D eigenvalue weighted by atomic mass is 35.5. The second-order valence-corrected chi connectivity index (χ2v) is 11.1. The van der Waals surface area contributed by atoms with E-state index >= 15 is 0 Å². The molecular weight excluding hydrogens is 550 g/mol. The first kappa shape index (κ1) is 27.0. The van der Waals surface area contributed by atoms with Crippen molar-refractivity contribution in [2.45, 2.75) is 32.4 Å². The molecule has 1 aliphatic heterocycles. The maximum atomic E-state index is 13.2. The average Bonchev–Trinajstić information content (AvgIpc) is 3.47. The number of carbonyl (C=O) groups is 1. The lowest BCUT2D eigenvalue weighted by Gasteiger charge is -2.28. The molecule has 0 radical (unpaired) electrons. The highest BCUT2D eigenvalue weighted by Gasteiger charge is 2.41. The summed E-state index contributed by atoms with van der Waals surface area (Å²) in [6, 6.07) is 29.7. The Morgan fingerprint density at radius 2 is 1.76 bits per heavy atom. The predicted octanol–water partition coefficient (Wildman–Crippen LogP) is 7.30. The first-order chi connectivity index (χ1) is 19.9. The number of hydrogen-bond donors (Lipinski definition) is 2. The van der Waals surface area contributed by atoms with Gasteiger partial charge < -0.3 is 20.1 Å². The monoisotopic (exact) mass is 579 g/mol. The summed E-state index contributed by atoms with van der Waals surface area (Å²) in [6.45, 7) is 4.68. The van der Waals surface area contributed by atoms with Crippen molar-refractivity contribution in [1.82, 2.24) is 19.8 Å². The molecule has 0 aliphatic carbocycles. The van der Waals surface area contributed by atoms with Crippen molar-refractivity contribution in [3.63, 3.8) is 0 Å². The van der Waals surface area contributed by atoms with E-state index < -0.39 is 0 Å². The van der Waals surface area contributed by atoms with Crippen LogP contribution < -0.4 is 10.6 Å². The van der Waals surface area contributed by atoms with Crippen molar-refractivity contribution in [3.05, 3.63) is 125 Å². The standard InChI is InChI=1S/C33H30ClN5OS/c1-21-20-27(22(2)39(21)25-15-13-24(34)14-16-25)32-31(29-11-5-6-18-35-29)37-33(41)38(32)19-17-30(40)36-28-12-7-9-23-8-3-4-10-26(23)28/h3-16,18,20,31-32H,17,19H2,1-2H3,(H,36,40)(H,37,41)/t31-,32-/m0/s1. The Kier molecular flexibility index (Phi) is 7.47. The smallest absolute Gasteiger partial charge is 0.226 e. The van der Waals surface area contributed by atoms with Gasteiger partial charge in [0.25, 0.3) is 0 Å². The number of nitrogens with zero attached hydrogens (tertiary/aromatic N) is 3. The van der Waals surface area contributed by atoms with Gasteiger partial charge in [0.2, 0.25) is 5.91 Å². The molecule has 6 rings (SSSR count). The van der Waals surface area contributed by atoms with Crippen LogP contribution in [0.4, 0.5) is 5.69 Å². The van der Waals surface area contributed by atoms with Gasteiger partial charge in [-0.3, -0.25) is 9.78 Å². The van der Waals surface area contributed by atoms with Gasteiger partial charge in [0.05, 0.1) is 17.8 Å². The fraction of sp³-hybridized carbons (Fsp3) is 0.182. The van der Waals surface area contributed by atoms with Crippen LogP contribution in [0.2, 0.25) is 5.02 Å². The van der Waals surface area contributed by atoms with E-state index in [1.807, 2.05) is 84.9 Å². The summed E-state index contributed by atoms with van der Waals surface area (Å²) >= 11 is 12.0. The molecule has 1 saturated heterocycles. The summed E-state index contributed by atoms with van der Waals surface area (Å²) in [5.41, 5.74) is 6.09. The van der Waals surface area contributed by atoms with E-state index in [4.69, 9.17) is 23.8 Å². The van der Waals surface area contributed by atoms with Gasteiger partial charge in [-0.15, -0.1) is 0 Å². The Morgan fingerprint density at radius 3 is 2.54 bits per heavy atom. The molecule has 2 atom stereocenters. The topological polar surface area (TPSA) is 62.2 Å². The molecular formula is C33H30ClN5OS. The number of rotatable bonds is 7. The SMILES string of the molecule is Cc1cc([C@H]2[C@H](c3ccccn3)NC(=S)N2CCC(=O)Nc2cccc3ccccc23)c(C)n1-c1ccc(Cl)cc1. The van der Waals surface area contributed by atoms with E-state index in [0.29, 0.717) is 16.7 Å². The fourth-order valence-electron chi connectivity index (χ4n) is 5.83. The lowest BCUT2D eigenvalue weighted by molar-refractivity contribution is -0.116. The maximum absolute atomic E-state index is 13.2. The number of anilines is 1. The van der Waals surface area contributed by atoms with Crippen LogP contribution >= 0.6 is 23.8 Å². The summed E-state index contributed by atoms with van der Waals surface area (Å²) in [7, 11) is 0. The van der Waals surface area contributed by atoms with Crippen LogP contribution in [-0.2, 0) is 4.79 Å². The minimum atomic E-state index is -0.163. The molecule has 3 aromatic carbocycles. The van der Waals surface area contributed by atoms with E-state index in [-0.39, 0.29) is 24.4 Å². The second-order valence-electron chi connectivity index (χ2n) is 10.3. The highest BCUT2D eigenvalue weighted by Crippen LogP contribution is 2.41. The number of aryl methyl sites for hydroxylation is 1. The zero-order valence-electron chi connectivity index (χ0n) is 22.8. The summed E-state index contributed by atoms with van der Waals surface area (Å²) in [5, 5.41) is 10.0. The third-order valence-corrected chi connectivity index (χ3v) is 8.32. The normalized spacial score (nSPS) is 16.7. The quantitative estimate of drug-likeness (QED) is 0.198. The van der Waals surface area contributed by atoms with Crippen molar-refractivity contribution in [3.8, 4) is 5.69 Å². The number of aromatic nitrogens is 2. The number of halogens is 1. The van der Waals surface area contributed by atoms with Crippen molar-refractivity contribution in [2.24, 2.45) is 0 Å². The molecule has 3 heterocycles. The molecule has 1 fully saturated rings. The van der Waals surface area contributed by atoms with Crippen LogP contribution in [-0.4, -0.2) is 32.0 Å². The Balaban J connectivity index is 1.31. The molecule has 1 amide bonds. The van der Waals surface area contributed by atoms with E-state index in [1.54, 1.807) is 6.20 Å². The average molecular weight is 580 g/mol. The molecule has 0 spiro atoms.